The molecule has 0 fully saturated rings. The first-order valence-electron chi connectivity index (χ1n) is 4.94. The van der Waals surface area contributed by atoms with E-state index < -0.39 is 10.0 Å². The van der Waals surface area contributed by atoms with Gasteiger partial charge in [-0.05, 0) is 5.92 Å². The highest BCUT2D eigenvalue weighted by molar-refractivity contribution is 7.89. The third-order valence-corrected chi connectivity index (χ3v) is 4.14. The number of rotatable bonds is 6. The summed E-state index contributed by atoms with van der Waals surface area (Å²) < 4.78 is 27.3. The molecule has 1 aromatic heterocycles. The summed E-state index contributed by atoms with van der Waals surface area (Å²) in [6, 6.07) is 0. The summed E-state index contributed by atoms with van der Waals surface area (Å²) in [5, 5.41) is 3.96. The van der Waals surface area contributed by atoms with Crippen molar-refractivity contribution >= 4 is 21.6 Å². The van der Waals surface area contributed by atoms with Gasteiger partial charge in [0.15, 0.2) is 0 Å². The monoisotopic (exact) mass is 265 g/mol. The van der Waals surface area contributed by atoms with Crippen molar-refractivity contribution in [2.75, 3.05) is 11.6 Å². The summed E-state index contributed by atoms with van der Waals surface area (Å²) in [4.78, 5) is 0. The molecule has 7 heteroatoms. The van der Waals surface area contributed by atoms with E-state index in [1.54, 1.807) is 31.0 Å². The van der Waals surface area contributed by atoms with E-state index in [9.17, 15) is 8.42 Å². The molecule has 0 saturated carbocycles. The van der Waals surface area contributed by atoms with Crippen molar-refractivity contribution in [3.63, 3.8) is 0 Å². The molecule has 1 N–H and O–H groups in total. The number of alkyl halides is 1. The molecule has 1 aromatic rings. The van der Waals surface area contributed by atoms with Crippen molar-refractivity contribution in [2.45, 2.75) is 13.5 Å². The van der Waals surface area contributed by atoms with Crippen LogP contribution in [0, 0.1) is 5.92 Å². The lowest BCUT2D eigenvalue weighted by Gasteiger charge is -2.09. The fraction of sp³-hybridized carbons (Fsp3) is 0.667. The van der Waals surface area contributed by atoms with Gasteiger partial charge >= 0.3 is 0 Å². The van der Waals surface area contributed by atoms with Gasteiger partial charge in [-0.25, -0.2) is 13.1 Å². The summed E-state index contributed by atoms with van der Waals surface area (Å²) >= 11 is 5.57. The van der Waals surface area contributed by atoms with Crippen molar-refractivity contribution in [2.24, 2.45) is 13.0 Å². The van der Waals surface area contributed by atoms with Crippen LogP contribution in [0.25, 0.3) is 0 Å². The predicted octanol–water partition coefficient (Wildman–Crippen LogP) is 0.714. The first-order chi connectivity index (χ1) is 7.43. The molecule has 92 valence electrons. The first kappa shape index (κ1) is 13.5. The Hall–Kier alpha value is -0.590. The van der Waals surface area contributed by atoms with Crippen LogP contribution in [-0.2, 0) is 23.6 Å². The summed E-state index contributed by atoms with van der Waals surface area (Å²) in [5.41, 5.74) is 0.838. The highest BCUT2D eigenvalue weighted by Gasteiger charge is 2.14. The van der Waals surface area contributed by atoms with Crippen LogP contribution in [0.2, 0.25) is 0 Å². The average molecular weight is 266 g/mol. The SMILES string of the molecule is CC(CCl)CS(=O)(=O)NCc1cnn(C)c1. The number of sulfonamides is 1. The third kappa shape index (κ3) is 4.51. The molecule has 5 nitrogen and oxygen atoms in total. The van der Waals surface area contributed by atoms with E-state index >= 15 is 0 Å². The van der Waals surface area contributed by atoms with E-state index in [0.29, 0.717) is 5.88 Å². The van der Waals surface area contributed by atoms with Gasteiger partial charge < -0.3 is 0 Å². The molecular weight excluding hydrogens is 250 g/mol. The van der Waals surface area contributed by atoms with Gasteiger partial charge in [0.1, 0.15) is 0 Å². The number of aryl methyl sites for hydroxylation is 1. The minimum Gasteiger partial charge on any atom is -0.275 e. The van der Waals surface area contributed by atoms with Crippen LogP contribution in [0.4, 0.5) is 0 Å². The van der Waals surface area contributed by atoms with Gasteiger partial charge in [0, 0.05) is 31.2 Å². The number of nitrogens with zero attached hydrogens (tertiary/aromatic N) is 2. The van der Waals surface area contributed by atoms with Gasteiger partial charge in [-0.15, -0.1) is 11.6 Å². The Bertz CT molecular complexity index is 430. The van der Waals surface area contributed by atoms with Crippen LogP contribution in [0.1, 0.15) is 12.5 Å². The zero-order valence-electron chi connectivity index (χ0n) is 9.35. The molecule has 0 aliphatic carbocycles. The summed E-state index contributed by atoms with van der Waals surface area (Å²) in [5.74, 6) is 0.345. The second-order valence-electron chi connectivity index (χ2n) is 3.88. The lowest BCUT2D eigenvalue weighted by atomic mass is 10.3. The van der Waals surface area contributed by atoms with Crippen molar-refractivity contribution in [1.29, 1.82) is 0 Å². The largest absolute Gasteiger partial charge is 0.275 e. The molecule has 1 atom stereocenters. The zero-order valence-corrected chi connectivity index (χ0v) is 10.9. The molecule has 0 radical (unpaired) electrons. The normalized spacial score (nSPS) is 13.9. The fourth-order valence-electron chi connectivity index (χ4n) is 1.23. The maximum absolute atomic E-state index is 11.6. The standard InChI is InChI=1S/C9H16ClN3O2S/c1-8(3-10)7-16(14,15)12-5-9-4-11-13(2)6-9/h4,6,8,12H,3,5,7H2,1-2H3. The van der Waals surface area contributed by atoms with E-state index in [2.05, 4.69) is 9.82 Å². The number of hydrogen-bond acceptors (Lipinski definition) is 3. The van der Waals surface area contributed by atoms with Gasteiger partial charge in [-0.1, -0.05) is 6.92 Å². The molecular formula is C9H16ClN3O2S. The van der Waals surface area contributed by atoms with Gasteiger partial charge in [0.2, 0.25) is 10.0 Å². The van der Waals surface area contributed by atoms with Crippen molar-refractivity contribution < 1.29 is 8.42 Å². The lowest BCUT2D eigenvalue weighted by Crippen LogP contribution is -2.29. The zero-order chi connectivity index (χ0) is 12.2. The van der Waals surface area contributed by atoms with Crippen molar-refractivity contribution in [3.8, 4) is 0 Å². The van der Waals surface area contributed by atoms with Gasteiger partial charge in [-0.2, -0.15) is 5.10 Å². The third-order valence-electron chi connectivity index (χ3n) is 2.02. The fourth-order valence-corrected chi connectivity index (χ4v) is 2.84. The number of halogens is 1. The maximum Gasteiger partial charge on any atom is 0.212 e. The highest BCUT2D eigenvalue weighted by Crippen LogP contribution is 2.03. The van der Waals surface area contributed by atoms with E-state index in [1.165, 1.54) is 0 Å². The average Bonchev–Trinajstić information content (AvgIpc) is 2.61. The lowest BCUT2D eigenvalue weighted by molar-refractivity contribution is 0.568. The van der Waals surface area contributed by atoms with Crippen LogP contribution in [-0.4, -0.2) is 29.8 Å². The molecule has 1 heterocycles. The minimum atomic E-state index is -3.25. The Kier molecular flexibility index (Phi) is 4.76. The van der Waals surface area contributed by atoms with E-state index in [0.717, 1.165) is 5.56 Å². The number of nitrogens with one attached hydrogen (secondary N) is 1. The van der Waals surface area contributed by atoms with Gasteiger partial charge in [0.05, 0.1) is 11.9 Å². The maximum atomic E-state index is 11.6. The van der Waals surface area contributed by atoms with E-state index in [-0.39, 0.29) is 18.2 Å². The molecule has 0 amide bonds. The Morgan fingerprint density at radius 3 is 2.81 bits per heavy atom. The first-order valence-corrected chi connectivity index (χ1v) is 7.12. The Morgan fingerprint density at radius 2 is 2.31 bits per heavy atom. The van der Waals surface area contributed by atoms with Gasteiger partial charge in [-0.3, -0.25) is 4.68 Å². The molecule has 0 aliphatic heterocycles. The summed E-state index contributed by atoms with van der Waals surface area (Å²) in [6.07, 6.45) is 3.40. The molecule has 0 aliphatic rings. The van der Waals surface area contributed by atoms with Crippen LogP contribution >= 0.6 is 11.6 Å². The molecule has 1 unspecified atom stereocenters. The van der Waals surface area contributed by atoms with E-state index in [1.807, 2.05) is 0 Å². The minimum absolute atomic E-state index is 0.0481. The second kappa shape index (κ2) is 5.65. The molecule has 0 bridgehead atoms. The molecule has 0 spiro atoms. The summed E-state index contributed by atoms with van der Waals surface area (Å²) in [7, 11) is -1.47. The number of hydrogen-bond donors (Lipinski definition) is 1. The number of aromatic nitrogens is 2. The second-order valence-corrected chi connectivity index (χ2v) is 6.04. The Labute approximate surface area is 101 Å². The van der Waals surface area contributed by atoms with E-state index in [4.69, 9.17) is 11.6 Å². The molecule has 16 heavy (non-hydrogen) atoms. The topological polar surface area (TPSA) is 64.0 Å². The highest BCUT2D eigenvalue weighted by atomic mass is 35.5. The van der Waals surface area contributed by atoms with Gasteiger partial charge in [0.25, 0.3) is 0 Å². The van der Waals surface area contributed by atoms with Crippen LogP contribution < -0.4 is 4.72 Å². The Balaban J connectivity index is 2.48. The van der Waals surface area contributed by atoms with Crippen molar-refractivity contribution in [1.82, 2.24) is 14.5 Å². The Morgan fingerprint density at radius 1 is 1.62 bits per heavy atom. The molecule has 0 saturated heterocycles. The van der Waals surface area contributed by atoms with Crippen molar-refractivity contribution in [3.05, 3.63) is 18.0 Å². The molecule has 0 aromatic carbocycles. The smallest absolute Gasteiger partial charge is 0.212 e. The quantitative estimate of drug-likeness (QED) is 0.771. The van der Waals surface area contributed by atoms with Crippen LogP contribution in [0.3, 0.4) is 0 Å². The predicted molar refractivity (Wildman–Crippen MR) is 63.7 cm³/mol. The van der Waals surface area contributed by atoms with Crippen LogP contribution in [0.15, 0.2) is 12.4 Å². The molecule has 1 rings (SSSR count). The van der Waals surface area contributed by atoms with Crippen LogP contribution in [0.5, 0.6) is 0 Å². The summed E-state index contributed by atoms with van der Waals surface area (Å²) in [6.45, 7) is 2.07.